The highest BCUT2D eigenvalue weighted by atomic mass is 16.5. The third kappa shape index (κ3) is 4.42. The van der Waals surface area contributed by atoms with Gasteiger partial charge in [-0.15, -0.1) is 0 Å². The first kappa shape index (κ1) is 22.8. The van der Waals surface area contributed by atoms with Crippen LogP contribution in [0.15, 0.2) is 70.0 Å². The van der Waals surface area contributed by atoms with Crippen LogP contribution in [0, 0.1) is 13.8 Å². The molecule has 3 heterocycles. The van der Waals surface area contributed by atoms with Gasteiger partial charge in [-0.1, -0.05) is 36.4 Å². The van der Waals surface area contributed by atoms with Crippen molar-refractivity contribution in [2.75, 3.05) is 18.5 Å². The van der Waals surface area contributed by atoms with Crippen LogP contribution in [0.5, 0.6) is 0 Å². The van der Waals surface area contributed by atoms with Crippen molar-refractivity contribution in [1.29, 1.82) is 0 Å². The van der Waals surface area contributed by atoms with Crippen LogP contribution < -0.4 is 16.1 Å². The lowest BCUT2D eigenvalue weighted by Gasteiger charge is -2.27. The van der Waals surface area contributed by atoms with Gasteiger partial charge < -0.3 is 19.8 Å². The van der Waals surface area contributed by atoms with Crippen molar-refractivity contribution in [2.45, 2.75) is 32.9 Å². The number of rotatable bonds is 6. The minimum Gasteiger partial charge on any atom is -0.455 e. The van der Waals surface area contributed by atoms with Crippen molar-refractivity contribution in [3.05, 3.63) is 93.4 Å². The molecule has 1 aliphatic heterocycles. The number of hydrogen-bond donors (Lipinski definition) is 2. The molecule has 2 aromatic heterocycles. The van der Waals surface area contributed by atoms with Crippen molar-refractivity contribution in [3.8, 4) is 11.3 Å². The molecule has 4 aromatic rings. The Morgan fingerprint density at radius 3 is 2.57 bits per heavy atom. The molecule has 0 unspecified atom stereocenters. The number of nitrogens with one attached hydrogen (secondary N) is 2. The van der Waals surface area contributed by atoms with Crippen molar-refractivity contribution in [3.63, 3.8) is 0 Å². The lowest BCUT2D eigenvalue weighted by atomic mass is 9.98. The largest absolute Gasteiger partial charge is 0.455 e. The van der Waals surface area contributed by atoms with E-state index in [2.05, 4.69) is 15.6 Å². The number of hydrogen-bond acceptors (Lipinski definition) is 6. The molecule has 1 saturated heterocycles. The van der Waals surface area contributed by atoms with Crippen molar-refractivity contribution >= 4 is 22.6 Å². The third-order valence-electron chi connectivity index (χ3n) is 6.26. The van der Waals surface area contributed by atoms with Crippen molar-refractivity contribution < 1.29 is 13.9 Å². The molecule has 1 aliphatic rings. The van der Waals surface area contributed by atoms with Crippen LogP contribution in [0.4, 0.5) is 5.69 Å². The summed E-state index contributed by atoms with van der Waals surface area (Å²) in [6.07, 6.45) is 1.60. The third-order valence-corrected chi connectivity index (χ3v) is 6.26. The van der Waals surface area contributed by atoms with Crippen LogP contribution in [-0.4, -0.2) is 30.1 Å². The van der Waals surface area contributed by atoms with Gasteiger partial charge >= 0.3 is 0 Å². The molecule has 7 nitrogen and oxygen atoms in total. The number of benzene rings is 2. The molecule has 0 bridgehead atoms. The second kappa shape index (κ2) is 9.35. The smallest absolute Gasteiger partial charge is 0.272 e. The summed E-state index contributed by atoms with van der Waals surface area (Å²) in [7, 11) is 0. The van der Waals surface area contributed by atoms with E-state index in [4.69, 9.17) is 9.15 Å². The second-order valence-electron chi connectivity index (χ2n) is 8.96. The fourth-order valence-electron chi connectivity index (χ4n) is 4.34. The van der Waals surface area contributed by atoms with Gasteiger partial charge in [0.25, 0.3) is 5.91 Å². The number of amides is 1. The fraction of sp³-hybridized carbons (Fsp3) is 0.250. The quantitative estimate of drug-likeness (QED) is 0.422. The Balaban J connectivity index is 1.56. The van der Waals surface area contributed by atoms with Gasteiger partial charge in [-0.25, -0.2) is 4.98 Å². The number of aryl methyl sites for hydroxylation is 1. The average Bonchev–Trinajstić information content (AvgIpc) is 2.84. The standard InChI is InChI=1S/C28H27N3O4/c1-16-12-21(18(3)30-23-10-7-11-29-24(23)28(33)31-20-14-34-15-20)27-22(13-16)25(32)17(2)26(35-27)19-8-5-4-6-9-19/h4-13,18,20,30H,14-15H2,1-3H3,(H,31,33)/t18-/m1/s1. The van der Waals surface area contributed by atoms with E-state index in [-0.39, 0.29) is 23.4 Å². The normalized spacial score (nSPS) is 14.4. The predicted molar refractivity (Wildman–Crippen MR) is 136 cm³/mol. The molecule has 2 aromatic carbocycles. The van der Waals surface area contributed by atoms with Crippen molar-refractivity contribution in [2.24, 2.45) is 0 Å². The molecule has 0 aliphatic carbocycles. The number of carbonyl (C=O) groups excluding carboxylic acids is 1. The Morgan fingerprint density at radius 1 is 1.09 bits per heavy atom. The highest BCUT2D eigenvalue weighted by Gasteiger charge is 2.24. The van der Waals surface area contributed by atoms with E-state index < -0.39 is 0 Å². The highest BCUT2D eigenvalue weighted by Crippen LogP contribution is 2.32. The van der Waals surface area contributed by atoms with Gasteiger partial charge in [0.15, 0.2) is 11.1 Å². The van der Waals surface area contributed by atoms with E-state index in [1.54, 1.807) is 19.2 Å². The number of aromatic nitrogens is 1. The zero-order valence-electron chi connectivity index (χ0n) is 19.9. The Labute approximate surface area is 203 Å². The average molecular weight is 470 g/mol. The van der Waals surface area contributed by atoms with Gasteiger partial charge in [0.2, 0.25) is 0 Å². The van der Waals surface area contributed by atoms with Crippen LogP contribution in [0.2, 0.25) is 0 Å². The molecule has 35 heavy (non-hydrogen) atoms. The molecule has 5 rings (SSSR count). The first-order valence-electron chi connectivity index (χ1n) is 11.7. The molecule has 0 saturated carbocycles. The number of fused-ring (bicyclic) bond motifs is 1. The van der Waals surface area contributed by atoms with Crippen LogP contribution >= 0.6 is 0 Å². The fourth-order valence-corrected chi connectivity index (χ4v) is 4.34. The van der Waals surface area contributed by atoms with E-state index in [0.29, 0.717) is 46.9 Å². The summed E-state index contributed by atoms with van der Waals surface area (Å²) in [5.74, 6) is 0.306. The van der Waals surface area contributed by atoms with E-state index >= 15 is 0 Å². The van der Waals surface area contributed by atoms with Gasteiger partial charge in [-0.3, -0.25) is 9.59 Å². The van der Waals surface area contributed by atoms with Crippen molar-refractivity contribution in [1.82, 2.24) is 10.3 Å². The maximum atomic E-state index is 13.3. The van der Waals surface area contributed by atoms with Gasteiger partial charge in [-0.05, 0) is 44.5 Å². The zero-order valence-corrected chi connectivity index (χ0v) is 19.9. The molecule has 178 valence electrons. The molecular formula is C28H27N3O4. The summed E-state index contributed by atoms with van der Waals surface area (Å²) in [6, 6.07) is 16.8. The first-order valence-corrected chi connectivity index (χ1v) is 11.7. The Bertz CT molecular complexity index is 1460. The van der Waals surface area contributed by atoms with E-state index in [1.165, 1.54) is 0 Å². The number of pyridine rings is 1. The Morgan fingerprint density at radius 2 is 1.86 bits per heavy atom. The summed E-state index contributed by atoms with van der Waals surface area (Å²) in [5, 5.41) is 6.89. The monoisotopic (exact) mass is 469 g/mol. The Hall–Kier alpha value is -3.97. The van der Waals surface area contributed by atoms with E-state index in [0.717, 1.165) is 16.7 Å². The second-order valence-corrected chi connectivity index (χ2v) is 8.96. The summed E-state index contributed by atoms with van der Waals surface area (Å²) in [4.78, 5) is 30.4. The molecular weight excluding hydrogens is 442 g/mol. The predicted octanol–water partition coefficient (Wildman–Crippen LogP) is 4.77. The van der Waals surface area contributed by atoms with Gasteiger partial charge in [0.05, 0.1) is 36.4 Å². The SMILES string of the molecule is Cc1cc([C@@H](C)Nc2cccnc2C(=O)NC2COC2)c2oc(-c3ccccc3)c(C)c(=O)c2c1. The minimum absolute atomic E-state index is 0.00409. The summed E-state index contributed by atoms with van der Waals surface area (Å²) in [5.41, 5.74) is 4.61. The Kier molecular flexibility index (Phi) is 6.09. The maximum Gasteiger partial charge on any atom is 0.272 e. The van der Waals surface area contributed by atoms with E-state index in [1.807, 2.05) is 62.4 Å². The number of nitrogens with zero attached hydrogens (tertiary/aromatic N) is 1. The zero-order chi connectivity index (χ0) is 24.5. The van der Waals surface area contributed by atoms with Crippen LogP contribution in [0.1, 0.15) is 40.1 Å². The number of carbonyl (C=O) groups is 1. The maximum absolute atomic E-state index is 13.3. The molecule has 1 atom stereocenters. The lowest BCUT2D eigenvalue weighted by molar-refractivity contribution is -0.00353. The molecule has 2 N–H and O–H groups in total. The van der Waals surface area contributed by atoms with Crippen LogP contribution in [0.3, 0.4) is 0 Å². The summed E-state index contributed by atoms with van der Waals surface area (Å²) in [6.45, 7) is 6.75. The summed E-state index contributed by atoms with van der Waals surface area (Å²) < 4.78 is 11.6. The molecule has 1 fully saturated rings. The van der Waals surface area contributed by atoms with Gasteiger partial charge in [-0.2, -0.15) is 0 Å². The number of ether oxygens (including phenoxy) is 1. The minimum atomic E-state index is -0.269. The molecule has 7 heteroatoms. The van der Waals surface area contributed by atoms with Crippen LogP contribution in [-0.2, 0) is 4.74 Å². The first-order chi connectivity index (χ1) is 16.9. The van der Waals surface area contributed by atoms with Gasteiger partial charge in [0, 0.05) is 22.9 Å². The topological polar surface area (TPSA) is 93.5 Å². The summed E-state index contributed by atoms with van der Waals surface area (Å²) >= 11 is 0. The van der Waals surface area contributed by atoms with E-state index in [9.17, 15) is 9.59 Å². The lowest BCUT2D eigenvalue weighted by Crippen LogP contribution is -2.48. The highest BCUT2D eigenvalue weighted by molar-refractivity contribution is 5.98. The number of anilines is 1. The molecule has 0 spiro atoms. The van der Waals surface area contributed by atoms with Crippen LogP contribution in [0.25, 0.3) is 22.3 Å². The molecule has 1 amide bonds. The molecule has 0 radical (unpaired) electrons. The van der Waals surface area contributed by atoms with Gasteiger partial charge in [0.1, 0.15) is 11.3 Å².